The van der Waals surface area contributed by atoms with Gasteiger partial charge < -0.3 is 10.1 Å². The zero-order chi connectivity index (χ0) is 17.6. The maximum absolute atomic E-state index is 13.1. The van der Waals surface area contributed by atoms with Gasteiger partial charge in [0.2, 0.25) is 0 Å². The highest BCUT2D eigenvalue weighted by atomic mass is 19.1. The Bertz CT molecular complexity index is 813. The first-order valence-corrected chi connectivity index (χ1v) is 7.82. The molecule has 0 spiro atoms. The van der Waals surface area contributed by atoms with Crippen LogP contribution in [0, 0.1) is 5.82 Å². The van der Waals surface area contributed by atoms with Crippen LogP contribution in [0.4, 0.5) is 9.18 Å². The second-order valence-electron chi connectivity index (χ2n) is 5.48. The van der Waals surface area contributed by atoms with Crippen LogP contribution in [0.5, 0.6) is 0 Å². The third-order valence-electron chi connectivity index (χ3n) is 3.76. The molecule has 1 heterocycles. The van der Waals surface area contributed by atoms with Gasteiger partial charge in [0.15, 0.2) is 6.10 Å². The highest BCUT2D eigenvalue weighted by Gasteiger charge is 2.34. The number of amides is 1. The number of cyclic esters (lactones) is 1. The van der Waals surface area contributed by atoms with Crippen molar-refractivity contribution >= 4 is 18.0 Å². The fourth-order valence-electron chi connectivity index (χ4n) is 2.57. The number of aliphatic imine (C=N–C) groups is 1. The van der Waals surface area contributed by atoms with E-state index in [-0.39, 0.29) is 5.82 Å². The van der Waals surface area contributed by atoms with Crippen LogP contribution >= 0.6 is 0 Å². The number of halogens is 1. The molecule has 2 aromatic carbocycles. The molecule has 25 heavy (non-hydrogen) atoms. The minimum atomic E-state index is -0.558. The smallest absolute Gasteiger partial charge is 0.408 e. The number of hydrogen-bond donors (Lipinski definition) is 1. The molecule has 1 amide bonds. The minimum Gasteiger partial charge on any atom is -0.439 e. The summed E-state index contributed by atoms with van der Waals surface area (Å²) in [5.41, 5.74) is 2.35. The standard InChI is InChI=1S/C20H17FN2O2/c1-2-6-17(14-7-4-3-5-8-14)22-13-18-19(25-20(24)23-18)15-9-11-16(21)12-10-15/h2-13,18-19H,1H2,(H,23,24)/b17-6-,22-13+/t18-,19-/m1/s1. The van der Waals surface area contributed by atoms with Gasteiger partial charge in [-0.05, 0) is 23.8 Å². The molecule has 2 atom stereocenters. The number of alkyl carbamates (subject to hydrolysis) is 1. The van der Waals surface area contributed by atoms with E-state index in [0.717, 1.165) is 11.3 Å². The lowest BCUT2D eigenvalue weighted by Gasteiger charge is -2.13. The monoisotopic (exact) mass is 336 g/mol. The minimum absolute atomic E-state index is 0.341. The van der Waals surface area contributed by atoms with E-state index in [1.54, 1.807) is 30.5 Å². The Labute approximate surface area is 145 Å². The summed E-state index contributed by atoms with van der Waals surface area (Å²) < 4.78 is 18.4. The van der Waals surface area contributed by atoms with Crippen molar-refractivity contribution in [3.63, 3.8) is 0 Å². The zero-order valence-electron chi connectivity index (χ0n) is 13.4. The predicted octanol–water partition coefficient (Wildman–Crippen LogP) is 4.27. The molecule has 0 aromatic heterocycles. The third-order valence-corrected chi connectivity index (χ3v) is 3.76. The van der Waals surface area contributed by atoms with Gasteiger partial charge in [-0.3, -0.25) is 4.99 Å². The number of carbonyl (C=O) groups excluding carboxylic acids is 1. The largest absolute Gasteiger partial charge is 0.439 e. The van der Waals surface area contributed by atoms with Crippen molar-refractivity contribution in [1.29, 1.82) is 0 Å². The van der Waals surface area contributed by atoms with E-state index < -0.39 is 18.2 Å². The van der Waals surface area contributed by atoms with E-state index >= 15 is 0 Å². The Hall–Kier alpha value is -3.21. The highest BCUT2D eigenvalue weighted by Crippen LogP contribution is 2.26. The molecular weight excluding hydrogens is 319 g/mol. The molecular formula is C20H17FN2O2. The normalized spacial score (nSPS) is 20.4. The Morgan fingerprint density at radius 3 is 2.56 bits per heavy atom. The summed E-state index contributed by atoms with van der Waals surface area (Å²) in [4.78, 5) is 16.1. The Kier molecular flexibility index (Phi) is 5.04. The van der Waals surface area contributed by atoms with Crippen molar-refractivity contribution in [2.75, 3.05) is 0 Å². The number of allylic oxidation sites excluding steroid dienone is 2. The molecule has 126 valence electrons. The predicted molar refractivity (Wildman–Crippen MR) is 95.7 cm³/mol. The van der Waals surface area contributed by atoms with Gasteiger partial charge >= 0.3 is 6.09 Å². The summed E-state index contributed by atoms with van der Waals surface area (Å²) in [7, 11) is 0. The van der Waals surface area contributed by atoms with Crippen LogP contribution in [0.15, 0.2) is 78.3 Å². The summed E-state index contributed by atoms with van der Waals surface area (Å²) >= 11 is 0. The lowest BCUT2D eigenvalue weighted by atomic mass is 10.0. The van der Waals surface area contributed by atoms with Crippen molar-refractivity contribution in [2.45, 2.75) is 12.1 Å². The van der Waals surface area contributed by atoms with Crippen LogP contribution in [0.3, 0.4) is 0 Å². The van der Waals surface area contributed by atoms with E-state index in [0.29, 0.717) is 5.56 Å². The first-order valence-electron chi connectivity index (χ1n) is 7.82. The van der Waals surface area contributed by atoms with E-state index in [2.05, 4.69) is 16.9 Å². The Morgan fingerprint density at radius 1 is 1.16 bits per heavy atom. The van der Waals surface area contributed by atoms with Crippen LogP contribution < -0.4 is 5.32 Å². The van der Waals surface area contributed by atoms with Gasteiger partial charge in [-0.15, -0.1) is 0 Å². The summed E-state index contributed by atoms with van der Waals surface area (Å²) in [5.74, 6) is -0.341. The van der Waals surface area contributed by atoms with Gasteiger partial charge in [0.25, 0.3) is 0 Å². The summed E-state index contributed by atoms with van der Waals surface area (Å²) in [6.07, 6.45) is 3.98. The lowest BCUT2D eigenvalue weighted by Crippen LogP contribution is -2.29. The van der Waals surface area contributed by atoms with Gasteiger partial charge in [0.1, 0.15) is 11.9 Å². The third kappa shape index (κ3) is 4.01. The lowest BCUT2D eigenvalue weighted by molar-refractivity contribution is 0.138. The fourth-order valence-corrected chi connectivity index (χ4v) is 2.57. The molecule has 5 heteroatoms. The molecule has 1 aliphatic rings. The second-order valence-corrected chi connectivity index (χ2v) is 5.48. The SMILES string of the molecule is C=C/C=C(\N=C\[C@H]1NC(=O)O[C@@H]1c1ccc(F)cc1)c1ccccc1. The van der Waals surface area contributed by atoms with Crippen LogP contribution in [0.2, 0.25) is 0 Å². The van der Waals surface area contributed by atoms with Gasteiger partial charge in [-0.1, -0.05) is 55.1 Å². The number of benzene rings is 2. The van der Waals surface area contributed by atoms with Gasteiger partial charge in [-0.2, -0.15) is 0 Å². The van der Waals surface area contributed by atoms with E-state index in [9.17, 15) is 9.18 Å². The van der Waals surface area contributed by atoms with Gasteiger partial charge in [-0.25, -0.2) is 9.18 Å². The first-order chi connectivity index (χ1) is 12.2. The van der Waals surface area contributed by atoms with Crippen molar-refractivity contribution < 1.29 is 13.9 Å². The van der Waals surface area contributed by atoms with E-state index in [1.807, 2.05) is 30.3 Å². The molecule has 3 rings (SSSR count). The van der Waals surface area contributed by atoms with Crippen molar-refractivity contribution in [3.8, 4) is 0 Å². The van der Waals surface area contributed by atoms with Crippen LogP contribution in [-0.4, -0.2) is 18.3 Å². The fraction of sp³-hybridized carbons (Fsp3) is 0.100. The average molecular weight is 336 g/mol. The van der Waals surface area contributed by atoms with E-state index in [4.69, 9.17) is 4.74 Å². The Balaban J connectivity index is 1.84. The van der Waals surface area contributed by atoms with Crippen LogP contribution in [0.25, 0.3) is 5.70 Å². The summed E-state index contributed by atoms with van der Waals surface area (Å²) in [6.45, 7) is 3.71. The maximum Gasteiger partial charge on any atom is 0.408 e. The first kappa shape index (κ1) is 16.6. The zero-order valence-corrected chi connectivity index (χ0v) is 13.4. The quantitative estimate of drug-likeness (QED) is 0.655. The molecule has 0 aliphatic carbocycles. The van der Waals surface area contributed by atoms with Crippen LogP contribution in [-0.2, 0) is 4.74 Å². The van der Waals surface area contributed by atoms with Gasteiger partial charge in [0.05, 0.1) is 5.70 Å². The number of nitrogens with one attached hydrogen (secondary N) is 1. The molecule has 2 aromatic rings. The molecule has 1 saturated heterocycles. The molecule has 0 unspecified atom stereocenters. The number of rotatable bonds is 5. The number of hydrogen-bond acceptors (Lipinski definition) is 3. The summed E-state index contributed by atoms with van der Waals surface area (Å²) in [5, 5.41) is 2.71. The Morgan fingerprint density at radius 2 is 1.88 bits per heavy atom. The molecule has 4 nitrogen and oxygen atoms in total. The van der Waals surface area contributed by atoms with Crippen molar-refractivity contribution in [1.82, 2.24) is 5.32 Å². The molecule has 0 radical (unpaired) electrons. The maximum atomic E-state index is 13.1. The molecule has 0 bridgehead atoms. The molecule has 1 aliphatic heterocycles. The molecule has 0 saturated carbocycles. The molecule has 1 fully saturated rings. The number of ether oxygens (including phenoxy) is 1. The number of nitrogens with zero attached hydrogens (tertiary/aromatic N) is 1. The van der Waals surface area contributed by atoms with Crippen molar-refractivity contribution in [3.05, 3.63) is 90.3 Å². The van der Waals surface area contributed by atoms with Crippen LogP contribution in [0.1, 0.15) is 17.2 Å². The summed E-state index contributed by atoms with van der Waals surface area (Å²) in [6, 6.07) is 15.1. The molecule has 1 N–H and O–H groups in total. The highest BCUT2D eigenvalue weighted by molar-refractivity contribution is 5.83. The van der Waals surface area contributed by atoms with E-state index in [1.165, 1.54) is 12.1 Å². The van der Waals surface area contributed by atoms with Gasteiger partial charge in [0, 0.05) is 11.8 Å². The average Bonchev–Trinajstić information content (AvgIpc) is 3.00. The second kappa shape index (κ2) is 7.57. The van der Waals surface area contributed by atoms with Crippen molar-refractivity contribution in [2.24, 2.45) is 4.99 Å². The topological polar surface area (TPSA) is 50.7 Å². The number of carbonyl (C=O) groups is 1.